The zero-order chi connectivity index (χ0) is 15.2. The quantitative estimate of drug-likeness (QED) is 0.279. The first-order valence-corrected chi connectivity index (χ1v) is 7.15. The van der Waals surface area contributed by atoms with Crippen LogP contribution in [-0.4, -0.2) is 54.7 Å². The van der Waals surface area contributed by atoms with Gasteiger partial charge in [-0.3, -0.25) is 5.41 Å². The monoisotopic (exact) mass is 284 g/mol. The Bertz CT molecular complexity index is 338. The number of likely N-dealkylation sites (tertiary alicyclic amines) is 1. The third-order valence-electron chi connectivity index (χ3n) is 3.06. The predicted octanol–water partition coefficient (Wildman–Crippen LogP) is 0.0316. The molecule has 0 unspecified atom stereocenters. The van der Waals surface area contributed by atoms with Crippen molar-refractivity contribution in [2.45, 2.75) is 45.2 Å². The molecule has 20 heavy (non-hydrogen) atoms. The van der Waals surface area contributed by atoms with E-state index in [4.69, 9.17) is 11.1 Å². The topological polar surface area (TPSA) is 106 Å². The number of nitrogens with two attached hydrogens (primary N) is 1. The molecule has 0 spiro atoms. The second kappa shape index (κ2) is 7.33. The number of nitrogens with zero attached hydrogens (tertiary/aromatic N) is 1. The fraction of sp³-hybridized carbons (Fsp3) is 0.846. The summed E-state index contributed by atoms with van der Waals surface area (Å²) in [7, 11) is 0. The summed E-state index contributed by atoms with van der Waals surface area (Å²) in [6, 6.07) is 0.126. The predicted molar refractivity (Wildman–Crippen MR) is 80.8 cm³/mol. The van der Waals surface area contributed by atoms with Crippen molar-refractivity contribution in [3.05, 3.63) is 0 Å². The van der Waals surface area contributed by atoms with Crippen molar-refractivity contribution in [3.63, 3.8) is 0 Å². The molecule has 1 heterocycles. The van der Waals surface area contributed by atoms with Gasteiger partial charge in [-0.15, -0.1) is 0 Å². The molecule has 2 amide bonds. The van der Waals surface area contributed by atoms with Gasteiger partial charge in [0.2, 0.25) is 0 Å². The van der Waals surface area contributed by atoms with Gasteiger partial charge in [-0.1, -0.05) is 0 Å². The molecule has 1 fully saturated rings. The number of guanidine groups is 1. The number of rotatable bonds is 5. The zero-order valence-corrected chi connectivity index (χ0v) is 12.8. The number of urea groups is 1. The highest BCUT2D eigenvalue weighted by Gasteiger charge is 2.24. The molecule has 0 aliphatic carbocycles. The Morgan fingerprint density at radius 1 is 1.45 bits per heavy atom. The molecule has 0 radical (unpaired) electrons. The molecule has 0 aromatic rings. The van der Waals surface area contributed by atoms with Crippen LogP contribution in [0.2, 0.25) is 0 Å². The average molecular weight is 284 g/mol. The zero-order valence-electron chi connectivity index (χ0n) is 12.8. The van der Waals surface area contributed by atoms with Gasteiger partial charge in [0.15, 0.2) is 5.96 Å². The van der Waals surface area contributed by atoms with Gasteiger partial charge >= 0.3 is 6.03 Å². The Morgan fingerprint density at radius 2 is 2.15 bits per heavy atom. The molecular formula is C13H28N6O. The molecule has 1 saturated heterocycles. The van der Waals surface area contributed by atoms with E-state index in [0.29, 0.717) is 6.54 Å². The normalized spacial score (nSPS) is 19.6. The summed E-state index contributed by atoms with van der Waals surface area (Å²) in [5.41, 5.74) is 5.01. The van der Waals surface area contributed by atoms with E-state index in [1.165, 1.54) is 0 Å². The Kier molecular flexibility index (Phi) is 6.06. The maximum atomic E-state index is 11.8. The van der Waals surface area contributed by atoms with E-state index in [1.54, 1.807) is 0 Å². The maximum Gasteiger partial charge on any atom is 0.315 e. The van der Waals surface area contributed by atoms with Gasteiger partial charge in [0, 0.05) is 31.2 Å². The first-order valence-electron chi connectivity index (χ1n) is 7.15. The number of hydrogen-bond donors (Lipinski definition) is 5. The van der Waals surface area contributed by atoms with Crippen LogP contribution in [-0.2, 0) is 0 Å². The van der Waals surface area contributed by atoms with Crippen molar-refractivity contribution in [2.75, 3.05) is 26.2 Å². The van der Waals surface area contributed by atoms with Gasteiger partial charge in [-0.2, -0.15) is 0 Å². The van der Waals surface area contributed by atoms with Gasteiger partial charge in [0.1, 0.15) is 0 Å². The number of amides is 2. The van der Waals surface area contributed by atoms with Crippen molar-refractivity contribution >= 4 is 12.0 Å². The summed E-state index contributed by atoms with van der Waals surface area (Å²) in [5.74, 6) is 0.0183. The molecule has 0 bridgehead atoms. The second-order valence-corrected chi connectivity index (χ2v) is 6.33. The number of nitrogens with one attached hydrogen (secondary N) is 4. The number of hydrogen-bond acceptors (Lipinski definition) is 3. The molecule has 1 aliphatic heterocycles. The van der Waals surface area contributed by atoms with Crippen LogP contribution in [0.5, 0.6) is 0 Å². The third kappa shape index (κ3) is 7.18. The van der Waals surface area contributed by atoms with E-state index in [9.17, 15) is 4.79 Å². The number of carbonyl (C=O) groups excluding carboxylic acids is 1. The maximum absolute atomic E-state index is 11.8. The summed E-state index contributed by atoms with van der Waals surface area (Å²) < 4.78 is 0. The fourth-order valence-corrected chi connectivity index (χ4v) is 2.24. The lowest BCUT2D eigenvalue weighted by Crippen LogP contribution is -2.50. The summed E-state index contributed by atoms with van der Waals surface area (Å²) >= 11 is 0. The van der Waals surface area contributed by atoms with E-state index in [1.807, 2.05) is 20.8 Å². The third-order valence-corrected chi connectivity index (χ3v) is 3.06. The molecule has 1 atom stereocenters. The van der Waals surface area contributed by atoms with Gasteiger partial charge in [0.05, 0.1) is 0 Å². The van der Waals surface area contributed by atoms with Crippen LogP contribution in [0.3, 0.4) is 0 Å². The Hall–Kier alpha value is -1.50. The summed E-state index contributed by atoms with van der Waals surface area (Å²) in [5, 5.41) is 15.8. The van der Waals surface area contributed by atoms with Crippen LogP contribution < -0.4 is 21.7 Å². The smallest absolute Gasteiger partial charge is 0.315 e. The van der Waals surface area contributed by atoms with Crippen LogP contribution in [0.25, 0.3) is 0 Å². The molecule has 7 nitrogen and oxygen atoms in total. The van der Waals surface area contributed by atoms with E-state index >= 15 is 0 Å². The Balaban J connectivity index is 2.16. The highest BCUT2D eigenvalue weighted by Crippen LogP contribution is 2.09. The first-order chi connectivity index (χ1) is 9.26. The molecule has 7 heteroatoms. The summed E-state index contributed by atoms with van der Waals surface area (Å²) in [6.45, 7) is 9.46. The van der Waals surface area contributed by atoms with Crippen molar-refractivity contribution in [3.8, 4) is 0 Å². The van der Waals surface area contributed by atoms with Crippen molar-refractivity contribution < 1.29 is 4.79 Å². The van der Waals surface area contributed by atoms with Crippen LogP contribution in [0.4, 0.5) is 4.79 Å². The summed E-state index contributed by atoms with van der Waals surface area (Å²) in [4.78, 5) is 14.1. The SMILES string of the molecule is CC(C)(C)NC(=O)N[C@H]1CCN(CCCNC(=N)N)C1. The molecule has 6 N–H and O–H groups in total. The minimum Gasteiger partial charge on any atom is -0.370 e. The van der Waals surface area contributed by atoms with E-state index in [2.05, 4.69) is 20.9 Å². The first kappa shape index (κ1) is 16.6. The minimum absolute atomic E-state index is 0.0183. The fourth-order valence-electron chi connectivity index (χ4n) is 2.24. The molecule has 1 aliphatic rings. The molecule has 0 saturated carbocycles. The largest absolute Gasteiger partial charge is 0.370 e. The molecular weight excluding hydrogens is 256 g/mol. The minimum atomic E-state index is -0.208. The van der Waals surface area contributed by atoms with Gasteiger partial charge in [-0.25, -0.2) is 4.79 Å². The van der Waals surface area contributed by atoms with E-state index < -0.39 is 0 Å². The second-order valence-electron chi connectivity index (χ2n) is 6.33. The van der Waals surface area contributed by atoms with E-state index in [-0.39, 0.29) is 23.6 Å². The molecule has 0 aromatic heterocycles. The van der Waals surface area contributed by atoms with Crippen LogP contribution >= 0.6 is 0 Å². The summed E-state index contributed by atoms with van der Waals surface area (Å²) in [6.07, 6.45) is 1.93. The number of carbonyl (C=O) groups is 1. The lowest BCUT2D eigenvalue weighted by molar-refractivity contribution is 0.227. The average Bonchev–Trinajstić information content (AvgIpc) is 2.69. The Labute approximate surface area is 121 Å². The molecule has 0 aromatic carbocycles. The highest BCUT2D eigenvalue weighted by atomic mass is 16.2. The highest BCUT2D eigenvalue weighted by molar-refractivity contribution is 5.75. The van der Waals surface area contributed by atoms with Crippen molar-refractivity contribution in [2.24, 2.45) is 5.73 Å². The standard InChI is InChI=1S/C13H28N6O/c1-13(2,3)18-12(20)17-10-5-8-19(9-10)7-4-6-16-11(14)15/h10H,4-9H2,1-3H3,(H4,14,15,16)(H2,17,18,20)/t10-/m0/s1. The van der Waals surface area contributed by atoms with Gasteiger partial charge < -0.3 is 26.6 Å². The van der Waals surface area contributed by atoms with Gasteiger partial charge in [0.25, 0.3) is 0 Å². The van der Waals surface area contributed by atoms with Crippen molar-refractivity contribution in [1.29, 1.82) is 5.41 Å². The lowest BCUT2D eigenvalue weighted by Gasteiger charge is -2.23. The van der Waals surface area contributed by atoms with Crippen LogP contribution in [0.1, 0.15) is 33.6 Å². The lowest BCUT2D eigenvalue weighted by atomic mass is 10.1. The van der Waals surface area contributed by atoms with Gasteiger partial charge in [-0.05, 0) is 40.2 Å². The van der Waals surface area contributed by atoms with Crippen LogP contribution in [0.15, 0.2) is 0 Å². The molecule has 1 rings (SSSR count). The Morgan fingerprint density at radius 3 is 2.75 bits per heavy atom. The molecule has 116 valence electrons. The van der Waals surface area contributed by atoms with Crippen LogP contribution in [0, 0.1) is 5.41 Å². The van der Waals surface area contributed by atoms with Crippen molar-refractivity contribution in [1.82, 2.24) is 20.9 Å². The van der Waals surface area contributed by atoms with E-state index in [0.717, 1.165) is 32.5 Å².